The average molecular weight is 320 g/mol. The maximum absolute atomic E-state index is 12.6. The van der Waals surface area contributed by atoms with Gasteiger partial charge in [0.1, 0.15) is 17.6 Å². The number of piperidine rings is 1. The number of rotatable bonds is 3. The molecule has 1 aromatic heterocycles. The van der Waals surface area contributed by atoms with Crippen molar-refractivity contribution in [3.63, 3.8) is 0 Å². The maximum Gasteiger partial charge on any atom is 0.241 e. The minimum Gasteiger partial charge on any atom is -0.465 e. The topological polar surface area (TPSA) is 54.9 Å². The fourth-order valence-electron chi connectivity index (χ4n) is 3.54. The normalized spacial score (nSPS) is 29.7. The molecule has 0 aliphatic carbocycles. The Morgan fingerprint density at radius 1 is 1.26 bits per heavy atom. The van der Waals surface area contributed by atoms with Crippen LogP contribution in [-0.4, -0.2) is 60.4 Å². The van der Waals surface area contributed by atoms with E-state index >= 15 is 0 Å². The third kappa shape index (κ3) is 3.16. The molecule has 4 rings (SSSR count). The van der Waals surface area contributed by atoms with Crippen molar-refractivity contribution in [3.05, 3.63) is 23.7 Å². The number of ether oxygens (including phenoxy) is 2. The van der Waals surface area contributed by atoms with E-state index in [0.29, 0.717) is 6.54 Å². The Morgan fingerprint density at radius 2 is 2.00 bits per heavy atom. The Bertz CT molecular complexity index is 569. The first kappa shape index (κ1) is 15.2. The Hall–Kier alpha value is -1.37. The molecule has 3 saturated heterocycles. The maximum atomic E-state index is 12.6. The summed E-state index contributed by atoms with van der Waals surface area (Å²) >= 11 is 0. The van der Waals surface area contributed by atoms with Crippen molar-refractivity contribution < 1.29 is 18.7 Å². The average Bonchev–Trinajstić information content (AvgIpc) is 3.21. The second-order valence-corrected chi connectivity index (χ2v) is 6.74. The van der Waals surface area contributed by atoms with E-state index in [1.807, 2.05) is 24.0 Å². The smallest absolute Gasteiger partial charge is 0.241 e. The minimum atomic E-state index is -0.427. The van der Waals surface area contributed by atoms with Crippen molar-refractivity contribution >= 4 is 5.91 Å². The van der Waals surface area contributed by atoms with Crippen LogP contribution in [-0.2, 0) is 20.8 Å². The van der Waals surface area contributed by atoms with Crippen LogP contribution < -0.4 is 0 Å². The molecule has 2 unspecified atom stereocenters. The van der Waals surface area contributed by atoms with Gasteiger partial charge in [-0.1, -0.05) is 0 Å². The van der Waals surface area contributed by atoms with Crippen LogP contribution in [0.15, 0.2) is 16.5 Å². The van der Waals surface area contributed by atoms with Gasteiger partial charge in [-0.25, -0.2) is 0 Å². The number of likely N-dealkylation sites (tertiary alicyclic amines) is 1. The van der Waals surface area contributed by atoms with Crippen molar-refractivity contribution in [1.82, 2.24) is 9.80 Å². The summed E-state index contributed by atoms with van der Waals surface area (Å²) in [5, 5.41) is 0. The summed E-state index contributed by atoms with van der Waals surface area (Å²) in [4.78, 5) is 16.7. The molecule has 0 N–H and O–H groups in total. The fourth-order valence-corrected chi connectivity index (χ4v) is 3.54. The number of furan rings is 1. The van der Waals surface area contributed by atoms with Crippen LogP contribution in [0.4, 0.5) is 0 Å². The third-order valence-electron chi connectivity index (χ3n) is 5.01. The number of aryl methyl sites for hydroxylation is 1. The molecule has 4 heterocycles. The van der Waals surface area contributed by atoms with Gasteiger partial charge < -0.3 is 18.8 Å². The first-order valence-corrected chi connectivity index (χ1v) is 8.51. The van der Waals surface area contributed by atoms with Gasteiger partial charge in [0.15, 0.2) is 5.79 Å². The molecule has 1 aromatic rings. The van der Waals surface area contributed by atoms with Gasteiger partial charge in [-0.05, 0) is 25.5 Å². The number of amides is 1. The largest absolute Gasteiger partial charge is 0.465 e. The number of nitrogens with zero attached hydrogens (tertiary/aromatic N) is 2. The van der Waals surface area contributed by atoms with Crippen LogP contribution >= 0.6 is 0 Å². The predicted molar refractivity (Wildman–Crippen MR) is 82.7 cm³/mol. The van der Waals surface area contributed by atoms with E-state index in [1.165, 1.54) is 0 Å². The van der Waals surface area contributed by atoms with Gasteiger partial charge in [0.05, 0.1) is 19.8 Å². The lowest BCUT2D eigenvalue weighted by Gasteiger charge is -2.43. The molecule has 3 aliphatic heterocycles. The molecule has 0 radical (unpaired) electrons. The van der Waals surface area contributed by atoms with Crippen molar-refractivity contribution in [2.75, 3.05) is 32.8 Å². The minimum absolute atomic E-state index is 0.0163. The molecule has 3 aliphatic rings. The van der Waals surface area contributed by atoms with Gasteiger partial charge >= 0.3 is 0 Å². The molecule has 23 heavy (non-hydrogen) atoms. The van der Waals surface area contributed by atoms with Gasteiger partial charge in [0, 0.05) is 32.5 Å². The standard InChI is InChI=1S/C17H24N2O4/c1-13-3-4-14(23-13)11-19-12-15(19)16(20)18-7-5-17(6-8-18)21-9-2-10-22-17/h3-4,15H,2,5-12H2,1H3. The molecular weight excluding hydrogens is 296 g/mol. The van der Waals surface area contributed by atoms with Gasteiger partial charge in [-0.3, -0.25) is 9.69 Å². The highest BCUT2D eigenvalue weighted by atomic mass is 16.7. The predicted octanol–water partition coefficient (Wildman–Crippen LogP) is 1.53. The molecule has 6 heteroatoms. The summed E-state index contributed by atoms with van der Waals surface area (Å²) < 4.78 is 17.2. The lowest BCUT2D eigenvalue weighted by molar-refractivity contribution is -0.282. The van der Waals surface area contributed by atoms with Crippen LogP contribution in [0.3, 0.4) is 0 Å². The second-order valence-electron chi connectivity index (χ2n) is 6.74. The molecular formula is C17H24N2O4. The third-order valence-corrected chi connectivity index (χ3v) is 5.01. The zero-order chi connectivity index (χ0) is 15.9. The zero-order valence-electron chi connectivity index (χ0n) is 13.6. The molecule has 2 atom stereocenters. The number of carbonyl (C=O) groups excluding carboxylic acids is 1. The Labute approximate surface area is 136 Å². The van der Waals surface area contributed by atoms with Crippen LogP contribution in [0.1, 0.15) is 30.8 Å². The summed E-state index contributed by atoms with van der Waals surface area (Å²) in [5.74, 6) is 1.65. The highest BCUT2D eigenvalue weighted by Crippen LogP contribution is 2.32. The van der Waals surface area contributed by atoms with Crippen LogP contribution in [0.2, 0.25) is 0 Å². The van der Waals surface area contributed by atoms with Crippen molar-refractivity contribution in [3.8, 4) is 0 Å². The molecule has 3 fully saturated rings. The van der Waals surface area contributed by atoms with Crippen LogP contribution in [0, 0.1) is 6.92 Å². The molecule has 0 saturated carbocycles. The molecule has 0 aromatic carbocycles. The van der Waals surface area contributed by atoms with Crippen molar-refractivity contribution in [1.29, 1.82) is 0 Å². The first-order valence-electron chi connectivity index (χ1n) is 8.51. The van der Waals surface area contributed by atoms with E-state index in [4.69, 9.17) is 13.9 Å². The SMILES string of the molecule is Cc1ccc(CN2CC2C(=O)N2CCC3(CC2)OCCCO3)o1. The van der Waals surface area contributed by atoms with Gasteiger partial charge in [0.2, 0.25) is 5.91 Å². The lowest BCUT2D eigenvalue weighted by atomic mass is 10.0. The number of carbonyl (C=O) groups is 1. The monoisotopic (exact) mass is 320 g/mol. The van der Waals surface area contributed by atoms with Crippen LogP contribution in [0.25, 0.3) is 0 Å². The molecule has 1 spiro atoms. The van der Waals surface area contributed by atoms with E-state index in [2.05, 4.69) is 4.90 Å². The van der Waals surface area contributed by atoms with Gasteiger partial charge in [0.25, 0.3) is 0 Å². The summed E-state index contributed by atoms with van der Waals surface area (Å²) in [6.07, 6.45) is 2.53. The fraction of sp³-hybridized carbons (Fsp3) is 0.706. The Morgan fingerprint density at radius 3 is 2.65 bits per heavy atom. The van der Waals surface area contributed by atoms with E-state index in [1.54, 1.807) is 0 Å². The quantitative estimate of drug-likeness (QED) is 0.791. The Balaban J connectivity index is 1.28. The van der Waals surface area contributed by atoms with E-state index in [-0.39, 0.29) is 11.9 Å². The highest BCUT2D eigenvalue weighted by molar-refractivity contribution is 5.84. The molecule has 1 amide bonds. The van der Waals surface area contributed by atoms with Crippen molar-refractivity contribution in [2.24, 2.45) is 0 Å². The van der Waals surface area contributed by atoms with Gasteiger partial charge in [-0.2, -0.15) is 0 Å². The zero-order valence-corrected chi connectivity index (χ0v) is 13.6. The number of hydrogen-bond donors (Lipinski definition) is 0. The highest BCUT2D eigenvalue weighted by Gasteiger charge is 2.46. The van der Waals surface area contributed by atoms with Crippen LogP contribution in [0.5, 0.6) is 0 Å². The summed E-state index contributed by atoms with van der Waals surface area (Å²) in [6.45, 7) is 6.47. The summed E-state index contributed by atoms with van der Waals surface area (Å²) in [5.41, 5.74) is 0. The van der Waals surface area contributed by atoms with E-state index in [9.17, 15) is 4.79 Å². The van der Waals surface area contributed by atoms with E-state index in [0.717, 1.165) is 63.6 Å². The summed E-state index contributed by atoms with van der Waals surface area (Å²) in [6, 6.07) is 3.96. The van der Waals surface area contributed by atoms with E-state index < -0.39 is 5.79 Å². The molecule has 6 nitrogen and oxygen atoms in total. The van der Waals surface area contributed by atoms with Gasteiger partial charge in [-0.15, -0.1) is 0 Å². The number of hydrogen-bond acceptors (Lipinski definition) is 5. The van der Waals surface area contributed by atoms with Crippen molar-refractivity contribution in [2.45, 2.75) is 44.6 Å². The second kappa shape index (κ2) is 5.92. The molecule has 126 valence electrons. The Kier molecular flexibility index (Phi) is 3.91. The summed E-state index contributed by atoms with van der Waals surface area (Å²) in [7, 11) is 0. The molecule has 0 bridgehead atoms. The first-order chi connectivity index (χ1) is 11.2. The lowest BCUT2D eigenvalue weighted by Crippen LogP contribution is -2.52.